The number of ether oxygens (including phenoxy) is 1. The first kappa shape index (κ1) is 22.1. The van der Waals surface area contributed by atoms with Gasteiger partial charge in [-0.2, -0.15) is 5.10 Å². The van der Waals surface area contributed by atoms with E-state index in [0.29, 0.717) is 22.3 Å². The summed E-state index contributed by atoms with van der Waals surface area (Å²) < 4.78 is 7.05. The quantitative estimate of drug-likeness (QED) is 0.235. The van der Waals surface area contributed by atoms with Crippen LogP contribution < -0.4 is 10.2 Å². The molecule has 1 aromatic heterocycles. The number of phenolic OH excluding ortho intramolecular Hbond substituents is 1. The summed E-state index contributed by atoms with van der Waals surface area (Å²) in [5.74, 6) is 1.07. The number of hydrazone groups is 1. The molecule has 0 bridgehead atoms. The molecule has 1 amide bonds. The minimum atomic E-state index is -0.317. The van der Waals surface area contributed by atoms with Crippen molar-refractivity contribution in [2.24, 2.45) is 5.10 Å². The lowest BCUT2D eigenvalue weighted by atomic mass is 10.2. The Kier molecular flexibility index (Phi) is 7.01. The van der Waals surface area contributed by atoms with Crippen LogP contribution in [0.25, 0.3) is 17.1 Å². The number of thioether (sulfide) groups is 1. The van der Waals surface area contributed by atoms with Crippen LogP contribution in [0.5, 0.6) is 11.5 Å². The van der Waals surface area contributed by atoms with E-state index in [1.54, 1.807) is 12.1 Å². The van der Waals surface area contributed by atoms with E-state index in [2.05, 4.69) is 20.7 Å². The van der Waals surface area contributed by atoms with Crippen molar-refractivity contribution in [3.8, 4) is 28.6 Å². The molecule has 8 nitrogen and oxygen atoms in total. The lowest BCUT2D eigenvalue weighted by Crippen LogP contribution is -2.20. The highest BCUT2D eigenvalue weighted by Crippen LogP contribution is 2.27. The molecule has 0 saturated heterocycles. The Bertz CT molecular complexity index is 1260. The molecular formula is C24H21N5O3S. The van der Waals surface area contributed by atoms with Crippen molar-refractivity contribution in [3.05, 3.63) is 84.4 Å². The van der Waals surface area contributed by atoms with Crippen LogP contribution in [-0.2, 0) is 4.79 Å². The third-order valence-electron chi connectivity index (χ3n) is 4.64. The Hall–Kier alpha value is -4.11. The van der Waals surface area contributed by atoms with E-state index < -0.39 is 0 Å². The Morgan fingerprint density at radius 3 is 2.55 bits per heavy atom. The van der Waals surface area contributed by atoms with E-state index in [-0.39, 0.29) is 17.4 Å². The van der Waals surface area contributed by atoms with E-state index in [1.807, 2.05) is 65.2 Å². The number of carbonyl (C=O) groups excluding carboxylic acids is 1. The molecule has 0 saturated carbocycles. The van der Waals surface area contributed by atoms with Crippen molar-refractivity contribution < 1.29 is 14.6 Å². The van der Waals surface area contributed by atoms with Gasteiger partial charge in [-0.25, -0.2) is 5.43 Å². The van der Waals surface area contributed by atoms with Crippen LogP contribution in [-0.4, -0.2) is 44.9 Å². The first-order valence-corrected chi connectivity index (χ1v) is 11.0. The zero-order valence-electron chi connectivity index (χ0n) is 17.8. The zero-order valence-corrected chi connectivity index (χ0v) is 18.6. The summed E-state index contributed by atoms with van der Waals surface area (Å²) >= 11 is 1.25. The summed E-state index contributed by atoms with van der Waals surface area (Å²) in [5.41, 5.74) is 4.72. The van der Waals surface area contributed by atoms with Crippen molar-refractivity contribution in [2.45, 2.75) is 5.16 Å². The standard InChI is InChI=1S/C24H21N5O3S/c1-32-20-12-13-21(30)18(14-20)15-25-26-22(31)16-33-24-28-27-23(17-8-4-2-5-9-17)29(24)19-10-6-3-7-11-19/h2-15,30H,16H2,1H3,(H,26,31)/b25-15-. The Morgan fingerprint density at radius 1 is 1.09 bits per heavy atom. The highest BCUT2D eigenvalue weighted by atomic mass is 32.2. The smallest absolute Gasteiger partial charge is 0.250 e. The van der Waals surface area contributed by atoms with Crippen molar-refractivity contribution in [1.82, 2.24) is 20.2 Å². The molecule has 0 aliphatic rings. The zero-order chi connectivity index (χ0) is 23.0. The lowest BCUT2D eigenvalue weighted by Gasteiger charge is -2.10. The van der Waals surface area contributed by atoms with Crippen LogP contribution in [0.4, 0.5) is 0 Å². The number of phenols is 1. The topological polar surface area (TPSA) is 102 Å². The van der Waals surface area contributed by atoms with Crippen LogP contribution >= 0.6 is 11.8 Å². The first-order chi connectivity index (χ1) is 16.2. The van der Waals surface area contributed by atoms with Gasteiger partial charge in [-0.3, -0.25) is 9.36 Å². The number of amides is 1. The van der Waals surface area contributed by atoms with E-state index in [0.717, 1.165) is 11.3 Å². The molecule has 9 heteroatoms. The fourth-order valence-corrected chi connectivity index (χ4v) is 3.79. The van der Waals surface area contributed by atoms with E-state index >= 15 is 0 Å². The summed E-state index contributed by atoms with van der Waals surface area (Å²) in [6, 6.07) is 24.3. The lowest BCUT2D eigenvalue weighted by molar-refractivity contribution is -0.118. The summed E-state index contributed by atoms with van der Waals surface area (Å²) in [4.78, 5) is 12.3. The third-order valence-corrected chi connectivity index (χ3v) is 5.57. The molecule has 0 aliphatic carbocycles. The SMILES string of the molecule is COc1ccc(O)c(/C=N\NC(=O)CSc2nnc(-c3ccccc3)n2-c2ccccc2)c1. The first-order valence-electron chi connectivity index (χ1n) is 10.0. The van der Waals surface area contributed by atoms with Gasteiger partial charge >= 0.3 is 0 Å². The van der Waals surface area contributed by atoms with Gasteiger partial charge in [-0.15, -0.1) is 10.2 Å². The number of hydrogen-bond donors (Lipinski definition) is 2. The number of rotatable bonds is 8. The molecular weight excluding hydrogens is 438 g/mol. The average Bonchev–Trinajstić information content (AvgIpc) is 3.29. The van der Waals surface area contributed by atoms with Gasteiger partial charge in [0.05, 0.1) is 19.1 Å². The summed E-state index contributed by atoms with van der Waals surface area (Å²) in [5, 5.41) is 23.1. The number of benzene rings is 3. The van der Waals surface area contributed by atoms with Crippen molar-refractivity contribution in [2.75, 3.05) is 12.9 Å². The Balaban J connectivity index is 1.47. The fraction of sp³-hybridized carbons (Fsp3) is 0.0833. The molecule has 4 rings (SSSR count). The summed E-state index contributed by atoms with van der Waals surface area (Å²) in [6.45, 7) is 0. The van der Waals surface area contributed by atoms with Gasteiger partial charge in [0.2, 0.25) is 0 Å². The third kappa shape index (κ3) is 5.39. The highest BCUT2D eigenvalue weighted by molar-refractivity contribution is 7.99. The van der Waals surface area contributed by atoms with Crippen LogP contribution in [0, 0.1) is 0 Å². The van der Waals surface area contributed by atoms with Crippen LogP contribution in [0.15, 0.2) is 89.1 Å². The maximum Gasteiger partial charge on any atom is 0.250 e. The van der Waals surface area contributed by atoms with Crippen molar-refractivity contribution >= 4 is 23.9 Å². The minimum Gasteiger partial charge on any atom is -0.507 e. The average molecular weight is 460 g/mol. The number of hydrogen-bond acceptors (Lipinski definition) is 7. The molecule has 0 unspecified atom stereocenters. The van der Waals surface area contributed by atoms with Crippen LogP contribution in [0.2, 0.25) is 0 Å². The van der Waals surface area contributed by atoms with Crippen LogP contribution in [0.1, 0.15) is 5.56 Å². The summed E-state index contributed by atoms with van der Waals surface area (Å²) in [6.07, 6.45) is 1.36. The second-order valence-electron chi connectivity index (χ2n) is 6.85. The Morgan fingerprint density at radius 2 is 1.82 bits per heavy atom. The fourth-order valence-electron chi connectivity index (χ4n) is 3.05. The second-order valence-corrected chi connectivity index (χ2v) is 7.79. The van der Waals surface area contributed by atoms with Crippen molar-refractivity contribution in [3.63, 3.8) is 0 Å². The predicted molar refractivity (Wildman–Crippen MR) is 128 cm³/mol. The molecule has 0 spiro atoms. The number of para-hydroxylation sites is 1. The number of aromatic hydroxyl groups is 1. The number of methoxy groups -OCH3 is 1. The molecule has 0 aliphatic heterocycles. The number of aromatic nitrogens is 3. The molecule has 33 heavy (non-hydrogen) atoms. The largest absolute Gasteiger partial charge is 0.507 e. The molecule has 3 aromatic carbocycles. The Labute approximate surface area is 194 Å². The maximum atomic E-state index is 12.3. The van der Waals surface area contributed by atoms with E-state index in [4.69, 9.17) is 4.74 Å². The van der Waals surface area contributed by atoms with Crippen LogP contribution in [0.3, 0.4) is 0 Å². The number of nitrogens with one attached hydrogen (secondary N) is 1. The van der Waals surface area contributed by atoms with E-state index in [9.17, 15) is 9.90 Å². The van der Waals surface area contributed by atoms with Gasteiger partial charge < -0.3 is 9.84 Å². The normalized spacial score (nSPS) is 10.9. The molecule has 4 aromatic rings. The maximum absolute atomic E-state index is 12.3. The minimum absolute atomic E-state index is 0.0348. The predicted octanol–water partition coefficient (Wildman–Crippen LogP) is 3.89. The molecule has 2 N–H and O–H groups in total. The van der Waals surface area contributed by atoms with Gasteiger partial charge in [0.1, 0.15) is 11.5 Å². The molecule has 166 valence electrons. The van der Waals surface area contributed by atoms with Gasteiger partial charge in [0.25, 0.3) is 5.91 Å². The second kappa shape index (κ2) is 10.5. The highest BCUT2D eigenvalue weighted by Gasteiger charge is 2.17. The van der Waals surface area contributed by atoms with E-state index in [1.165, 1.54) is 31.2 Å². The molecule has 0 fully saturated rings. The van der Waals surface area contributed by atoms with Crippen molar-refractivity contribution in [1.29, 1.82) is 0 Å². The van der Waals surface area contributed by atoms with Gasteiger partial charge in [0, 0.05) is 16.8 Å². The molecule has 0 atom stereocenters. The monoisotopic (exact) mass is 459 g/mol. The molecule has 0 radical (unpaired) electrons. The van der Waals surface area contributed by atoms with Gasteiger partial charge in [0.15, 0.2) is 11.0 Å². The van der Waals surface area contributed by atoms with Gasteiger partial charge in [-0.1, -0.05) is 60.3 Å². The number of nitrogens with zero attached hydrogens (tertiary/aromatic N) is 4. The molecule has 1 heterocycles. The summed E-state index contributed by atoms with van der Waals surface area (Å²) in [7, 11) is 1.53. The number of carbonyl (C=O) groups is 1. The van der Waals surface area contributed by atoms with Gasteiger partial charge in [-0.05, 0) is 30.3 Å².